The van der Waals surface area contributed by atoms with Crippen LogP contribution in [0.25, 0.3) is 0 Å². The van der Waals surface area contributed by atoms with Gasteiger partial charge in [-0.2, -0.15) is 0 Å². The molecule has 0 unspecified atom stereocenters. The van der Waals surface area contributed by atoms with Crippen LogP contribution in [0, 0.1) is 6.92 Å². The number of thiophene rings is 1. The number of hydrogen-bond donors (Lipinski definition) is 0. The molecule has 112 valence electrons. The standard InChI is InChI=1S/C15H23NO3S/c1-5-7-12-9-13(20-11(12)3)15(18)16(8-6-2)10-14(17)19-4/h9H,5-8,10H2,1-4H3. The van der Waals surface area contributed by atoms with Crippen LogP contribution in [0.1, 0.15) is 46.8 Å². The van der Waals surface area contributed by atoms with Crippen molar-refractivity contribution in [3.05, 3.63) is 21.4 Å². The Bertz CT molecular complexity index is 468. The minimum atomic E-state index is -0.381. The maximum atomic E-state index is 12.5. The Labute approximate surface area is 124 Å². The Kier molecular flexibility index (Phi) is 6.71. The number of aryl methyl sites for hydroxylation is 2. The lowest BCUT2D eigenvalue weighted by Gasteiger charge is -2.19. The summed E-state index contributed by atoms with van der Waals surface area (Å²) in [4.78, 5) is 27.3. The van der Waals surface area contributed by atoms with Crippen LogP contribution >= 0.6 is 11.3 Å². The Morgan fingerprint density at radius 1 is 1.30 bits per heavy atom. The zero-order valence-electron chi connectivity index (χ0n) is 12.7. The molecule has 0 saturated heterocycles. The minimum Gasteiger partial charge on any atom is -0.468 e. The molecule has 0 aromatic carbocycles. The van der Waals surface area contributed by atoms with Gasteiger partial charge in [0.15, 0.2) is 0 Å². The summed E-state index contributed by atoms with van der Waals surface area (Å²) >= 11 is 1.51. The van der Waals surface area contributed by atoms with Gasteiger partial charge in [-0.15, -0.1) is 11.3 Å². The lowest BCUT2D eigenvalue weighted by molar-refractivity contribution is -0.141. The van der Waals surface area contributed by atoms with E-state index in [0.29, 0.717) is 11.4 Å². The minimum absolute atomic E-state index is 0.0171. The lowest BCUT2D eigenvalue weighted by Crippen LogP contribution is -2.36. The second kappa shape index (κ2) is 8.04. The second-order valence-corrected chi connectivity index (χ2v) is 6.00. The Balaban J connectivity index is 2.88. The SMILES string of the molecule is CCCc1cc(C(=O)N(CCC)CC(=O)OC)sc1C. The molecule has 0 saturated carbocycles. The quantitative estimate of drug-likeness (QED) is 0.727. The summed E-state index contributed by atoms with van der Waals surface area (Å²) < 4.78 is 4.65. The molecule has 1 amide bonds. The van der Waals surface area contributed by atoms with E-state index < -0.39 is 0 Å². The van der Waals surface area contributed by atoms with Crippen LogP contribution in [-0.4, -0.2) is 37.0 Å². The molecular weight excluding hydrogens is 274 g/mol. The van der Waals surface area contributed by atoms with Crippen molar-refractivity contribution >= 4 is 23.2 Å². The van der Waals surface area contributed by atoms with E-state index in [2.05, 4.69) is 11.7 Å². The predicted molar refractivity (Wildman–Crippen MR) is 81.3 cm³/mol. The first-order valence-corrected chi connectivity index (χ1v) is 7.80. The van der Waals surface area contributed by atoms with Crippen molar-refractivity contribution in [2.75, 3.05) is 20.2 Å². The maximum Gasteiger partial charge on any atom is 0.325 e. The molecule has 1 aromatic rings. The zero-order chi connectivity index (χ0) is 15.1. The average Bonchev–Trinajstić information content (AvgIpc) is 2.79. The van der Waals surface area contributed by atoms with Gasteiger partial charge in [0.05, 0.1) is 12.0 Å². The third-order valence-electron chi connectivity index (χ3n) is 3.08. The third kappa shape index (κ3) is 4.34. The number of carbonyl (C=O) groups is 2. The predicted octanol–water partition coefficient (Wildman–Crippen LogP) is 3.03. The third-order valence-corrected chi connectivity index (χ3v) is 4.16. The van der Waals surface area contributed by atoms with Crippen molar-refractivity contribution in [2.45, 2.75) is 40.0 Å². The molecule has 20 heavy (non-hydrogen) atoms. The number of hydrogen-bond acceptors (Lipinski definition) is 4. The van der Waals surface area contributed by atoms with E-state index in [9.17, 15) is 9.59 Å². The number of esters is 1. The molecule has 0 aliphatic rings. The number of ether oxygens (including phenoxy) is 1. The van der Waals surface area contributed by atoms with Crippen LogP contribution in [0.2, 0.25) is 0 Å². The normalized spacial score (nSPS) is 10.4. The summed E-state index contributed by atoms with van der Waals surface area (Å²) in [6.07, 6.45) is 2.86. The molecule has 0 radical (unpaired) electrons. The van der Waals surface area contributed by atoms with Gasteiger partial charge in [-0.3, -0.25) is 9.59 Å². The van der Waals surface area contributed by atoms with Gasteiger partial charge >= 0.3 is 5.97 Å². The van der Waals surface area contributed by atoms with Crippen LogP contribution in [0.5, 0.6) is 0 Å². The molecule has 0 aliphatic carbocycles. The number of amides is 1. The molecule has 0 fully saturated rings. The Hall–Kier alpha value is -1.36. The summed E-state index contributed by atoms with van der Waals surface area (Å²) in [5.41, 5.74) is 1.23. The molecule has 0 N–H and O–H groups in total. The van der Waals surface area contributed by atoms with Crippen LogP contribution in [0.15, 0.2) is 6.07 Å². The van der Waals surface area contributed by atoms with E-state index in [1.807, 2.05) is 19.9 Å². The molecule has 0 atom stereocenters. The van der Waals surface area contributed by atoms with Gasteiger partial charge in [0.25, 0.3) is 5.91 Å². The maximum absolute atomic E-state index is 12.5. The molecule has 1 rings (SSSR count). The molecule has 1 aromatic heterocycles. The smallest absolute Gasteiger partial charge is 0.325 e. The van der Waals surface area contributed by atoms with E-state index in [0.717, 1.165) is 19.3 Å². The van der Waals surface area contributed by atoms with Gasteiger partial charge in [-0.25, -0.2) is 0 Å². The average molecular weight is 297 g/mol. The van der Waals surface area contributed by atoms with Crippen LogP contribution in [0.4, 0.5) is 0 Å². The van der Waals surface area contributed by atoms with Crippen molar-refractivity contribution in [2.24, 2.45) is 0 Å². The molecule has 5 heteroatoms. The fourth-order valence-electron chi connectivity index (χ4n) is 2.04. The first-order chi connectivity index (χ1) is 9.53. The fraction of sp³-hybridized carbons (Fsp3) is 0.600. The summed E-state index contributed by atoms with van der Waals surface area (Å²) in [5.74, 6) is -0.457. The molecule has 4 nitrogen and oxygen atoms in total. The van der Waals surface area contributed by atoms with Crippen molar-refractivity contribution in [1.29, 1.82) is 0 Å². The summed E-state index contributed by atoms with van der Waals surface area (Å²) in [7, 11) is 1.34. The first-order valence-electron chi connectivity index (χ1n) is 6.98. The second-order valence-electron chi connectivity index (χ2n) is 4.74. The summed E-state index contributed by atoms with van der Waals surface area (Å²) in [5, 5.41) is 0. The van der Waals surface area contributed by atoms with Gasteiger partial charge in [-0.05, 0) is 31.4 Å². The summed E-state index contributed by atoms with van der Waals surface area (Å²) in [6.45, 7) is 6.73. The van der Waals surface area contributed by atoms with E-state index in [-0.39, 0.29) is 18.4 Å². The van der Waals surface area contributed by atoms with E-state index in [4.69, 9.17) is 0 Å². The Morgan fingerprint density at radius 3 is 2.55 bits per heavy atom. The van der Waals surface area contributed by atoms with Crippen LogP contribution in [-0.2, 0) is 16.0 Å². The lowest BCUT2D eigenvalue weighted by atomic mass is 10.1. The topological polar surface area (TPSA) is 46.6 Å². The van der Waals surface area contributed by atoms with Crippen LogP contribution in [0.3, 0.4) is 0 Å². The van der Waals surface area contributed by atoms with E-state index >= 15 is 0 Å². The molecule has 0 bridgehead atoms. The van der Waals surface area contributed by atoms with Crippen LogP contribution < -0.4 is 0 Å². The number of nitrogens with zero attached hydrogens (tertiary/aromatic N) is 1. The number of methoxy groups -OCH3 is 1. The molecular formula is C15H23NO3S. The molecule has 0 aliphatic heterocycles. The highest BCUT2D eigenvalue weighted by atomic mass is 32.1. The number of rotatable bonds is 7. The zero-order valence-corrected chi connectivity index (χ0v) is 13.5. The first kappa shape index (κ1) is 16.7. The largest absolute Gasteiger partial charge is 0.468 e. The Morgan fingerprint density at radius 2 is 2.00 bits per heavy atom. The van der Waals surface area contributed by atoms with Crippen molar-refractivity contribution in [3.63, 3.8) is 0 Å². The van der Waals surface area contributed by atoms with Crippen molar-refractivity contribution in [3.8, 4) is 0 Å². The number of carbonyl (C=O) groups excluding carboxylic acids is 2. The van der Waals surface area contributed by atoms with Gasteiger partial charge in [0.1, 0.15) is 6.54 Å². The van der Waals surface area contributed by atoms with E-state index in [1.165, 1.54) is 28.9 Å². The highest BCUT2D eigenvalue weighted by Crippen LogP contribution is 2.24. The highest BCUT2D eigenvalue weighted by Gasteiger charge is 2.21. The van der Waals surface area contributed by atoms with E-state index in [1.54, 1.807) is 4.90 Å². The summed E-state index contributed by atoms with van der Waals surface area (Å²) in [6, 6.07) is 1.96. The highest BCUT2D eigenvalue weighted by molar-refractivity contribution is 7.14. The van der Waals surface area contributed by atoms with Gasteiger partial charge < -0.3 is 9.64 Å². The molecule has 0 spiro atoms. The van der Waals surface area contributed by atoms with Gasteiger partial charge in [0, 0.05) is 11.4 Å². The van der Waals surface area contributed by atoms with Gasteiger partial charge in [-0.1, -0.05) is 20.3 Å². The fourth-order valence-corrected chi connectivity index (χ4v) is 3.08. The van der Waals surface area contributed by atoms with Crippen molar-refractivity contribution < 1.29 is 14.3 Å². The van der Waals surface area contributed by atoms with Gasteiger partial charge in [0.2, 0.25) is 0 Å². The molecule has 1 heterocycles. The van der Waals surface area contributed by atoms with Crippen molar-refractivity contribution in [1.82, 2.24) is 4.90 Å². The monoisotopic (exact) mass is 297 g/mol.